The SMILES string of the molecule is O=C(Cc1c[nH]c2ccccc12)O[C@]1(c2ccc(F)cc2)CN2CCCCC21. The van der Waals surface area contributed by atoms with Crippen LogP contribution in [0.5, 0.6) is 0 Å². The molecule has 2 aromatic carbocycles. The van der Waals surface area contributed by atoms with Gasteiger partial charge in [-0.05, 0) is 48.7 Å². The minimum atomic E-state index is -0.669. The molecule has 2 aliphatic heterocycles. The van der Waals surface area contributed by atoms with E-state index in [4.69, 9.17) is 4.74 Å². The van der Waals surface area contributed by atoms with Gasteiger partial charge in [0.2, 0.25) is 0 Å². The van der Waals surface area contributed by atoms with Crippen molar-refractivity contribution in [2.75, 3.05) is 13.1 Å². The largest absolute Gasteiger partial charge is 0.451 e. The van der Waals surface area contributed by atoms with Gasteiger partial charge in [-0.15, -0.1) is 0 Å². The Bertz CT molecular complexity index is 1010. The number of carbonyl (C=O) groups excluding carboxylic acids is 1. The smallest absolute Gasteiger partial charge is 0.311 e. The van der Waals surface area contributed by atoms with Crippen molar-refractivity contribution in [3.63, 3.8) is 0 Å². The van der Waals surface area contributed by atoms with E-state index in [1.807, 2.05) is 30.5 Å². The predicted octanol–water partition coefficient (Wildman–Crippen LogP) is 4.16. The Labute approximate surface area is 163 Å². The van der Waals surface area contributed by atoms with Gasteiger partial charge in [0.25, 0.3) is 0 Å². The second kappa shape index (κ2) is 6.74. The average Bonchev–Trinajstić information content (AvgIpc) is 3.10. The fourth-order valence-electron chi connectivity index (χ4n) is 4.85. The van der Waals surface area contributed by atoms with Crippen LogP contribution in [0.4, 0.5) is 4.39 Å². The normalized spacial score (nSPS) is 24.5. The van der Waals surface area contributed by atoms with E-state index in [1.54, 1.807) is 12.1 Å². The molecule has 1 unspecified atom stereocenters. The lowest BCUT2D eigenvalue weighted by Gasteiger charge is -2.58. The predicted molar refractivity (Wildman–Crippen MR) is 105 cm³/mol. The summed E-state index contributed by atoms with van der Waals surface area (Å²) in [7, 11) is 0. The van der Waals surface area contributed by atoms with E-state index in [0.29, 0.717) is 6.54 Å². The highest BCUT2D eigenvalue weighted by molar-refractivity contribution is 5.87. The molecule has 1 aromatic heterocycles. The van der Waals surface area contributed by atoms with E-state index in [1.165, 1.54) is 18.6 Å². The van der Waals surface area contributed by atoms with Crippen LogP contribution in [-0.2, 0) is 21.6 Å². The number of ether oxygens (including phenoxy) is 1. The van der Waals surface area contributed by atoms with Crippen molar-refractivity contribution >= 4 is 16.9 Å². The van der Waals surface area contributed by atoms with Crippen LogP contribution >= 0.6 is 0 Å². The van der Waals surface area contributed by atoms with Crippen LogP contribution < -0.4 is 0 Å². The zero-order valence-corrected chi connectivity index (χ0v) is 15.7. The van der Waals surface area contributed by atoms with Crippen LogP contribution in [0, 0.1) is 5.82 Å². The van der Waals surface area contributed by atoms with E-state index >= 15 is 0 Å². The second-order valence-corrected chi connectivity index (χ2v) is 7.89. The summed E-state index contributed by atoms with van der Waals surface area (Å²) in [6.07, 6.45) is 5.41. The first-order valence-corrected chi connectivity index (χ1v) is 9.93. The average molecular weight is 378 g/mol. The lowest BCUT2D eigenvalue weighted by atomic mass is 9.73. The Balaban J connectivity index is 1.42. The third kappa shape index (κ3) is 2.81. The van der Waals surface area contributed by atoms with Crippen molar-refractivity contribution in [3.8, 4) is 0 Å². The number of carbonyl (C=O) groups is 1. The molecule has 3 aromatic rings. The summed E-state index contributed by atoms with van der Waals surface area (Å²) in [6, 6.07) is 14.6. The Hall–Kier alpha value is -2.66. The summed E-state index contributed by atoms with van der Waals surface area (Å²) in [5.41, 5.74) is 2.18. The summed E-state index contributed by atoms with van der Waals surface area (Å²) in [6.45, 7) is 1.72. The van der Waals surface area contributed by atoms with Crippen molar-refractivity contribution < 1.29 is 13.9 Å². The number of fused-ring (bicyclic) bond motifs is 2. The molecule has 2 atom stereocenters. The van der Waals surface area contributed by atoms with Crippen molar-refractivity contribution in [2.45, 2.75) is 37.3 Å². The maximum absolute atomic E-state index is 13.5. The first-order valence-electron chi connectivity index (χ1n) is 9.93. The molecule has 2 aliphatic rings. The minimum Gasteiger partial charge on any atom is -0.451 e. The molecular weight excluding hydrogens is 355 g/mol. The van der Waals surface area contributed by atoms with Crippen LogP contribution in [0.1, 0.15) is 30.4 Å². The van der Waals surface area contributed by atoms with Crippen molar-refractivity contribution in [1.82, 2.24) is 9.88 Å². The fourth-order valence-corrected chi connectivity index (χ4v) is 4.85. The van der Waals surface area contributed by atoms with Gasteiger partial charge in [-0.1, -0.05) is 36.8 Å². The molecule has 2 saturated heterocycles. The first kappa shape index (κ1) is 17.4. The number of nitrogens with one attached hydrogen (secondary N) is 1. The number of hydrogen-bond donors (Lipinski definition) is 1. The summed E-state index contributed by atoms with van der Waals surface area (Å²) >= 11 is 0. The number of para-hydroxylation sites is 1. The zero-order chi connectivity index (χ0) is 19.1. The van der Waals surface area contributed by atoms with Crippen molar-refractivity contribution in [1.29, 1.82) is 0 Å². The molecule has 5 rings (SSSR count). The first-order chi connectivity index (χ1) is 13.7. The molecule has 0 amide bonds. The Morgan fingerprint density at radius 3 is 2.82 bits per heavy atom. The summed E-state index contributed by atoms with van der Waals surface area (Å²) in [5.74, 6) is -0.511. The highest BCUT2D eigenvalue weighted by Crippen LogP contribution is 2.46. The van der Waals surface area contributed by atoms with E-state index in [2.05, 4.69) is 9.88 Å². The van der Waals surface area contributed by atoms with Gasteiger partial charge in [-0.2, -0.15) is 0 Å². The number of benzene rings is 2. The van der Waals surface area contributed by atoms with Gasteiger partial charge >= 0.3 is 5.97 Å². The van der Waals surface area contributed by atoms with Crippen molar-refractivity contribution in [2.24, 2.45) is 0 Å². The second-order valence-electron chi connectivity index (χ2n) is 7.89. The van der Waals surface area contributed by atoms with Crippen LogP contribution in [0.15, 0.2) is 54.7 Å². The number of halogens is 1. The van der Waals surface area contributed by atoms with E-state index in [9.17, 15) is 9.18 Å². The highest BCUT2D eigenvalue weighted by atomic mass is 19.1. The van der Waals surface area contributed by atoms with Crippen LogP contribution in [0.25, 0.3) is 10.9 Å². The summed E-state index contributed by atoms with van der Waals surface area (Å²) in [5, 5.41) is 1.04. The molecule has 2 fully saturated rings. The molecule has 0 aliphatic carbocycles. The Morgan fingerprint density at radius 1 is 1.18 bits per heavy atom. The lowest BCUT2D eigenvalue weighted by molar-refractivity contribution is -0.210. The van der Waals surface area contributed by atoms with E-state index in [0.717, 1.165) is 41.4 Å². The quantitative estimate of drug-likeness (QED) is 0.694. The van der Waals surface area contributed by atoms with Gasteiger partial charge in [-0.3, -0.25) is 9.69 Å². The number of aromatic amines is 1. The van der Waals surface area contributed by atoms with Gasteiger partial charge in [-0.25, -0.2) is 4.39 Å². The van der Waals surface area contributed by atoms with Crippen molar-refractivity contribution in [3.05, 3.63) is 71.7 Å². The van der Waals surface area contributed by atoms with Gasteiger partial charge in [0, 0.05) is 23.6 Å². The molecule has 28 heavy (non-hydrogen) atoms. The number of hydrogen-bond acceptors (Lipinski definition) is 3. The fraction of sp³-hybridized carbons (Fsp3) is 0.348. The number of nitrogens with zero attached hydrogens (tertiary/aromatic N) is 1. The maximum atomic E-state index is 13.5. The molecular formula is C23H23FN2O2. The number of piperidine rings is 1. The van der Waals surface area contributed by atoms with E-state index in [-0.39, 0.29) is 24.2 Å². The molecule has 0 saturated carbocycles. The monoisotopic (exact) mass is 378 g/mol. The third-order valence-corrected chi connectivity index (χ3v) is 6.23. The Morgan fingerprint density at radius 2 is 2.00 bits per heavy atom. The molecule has 0 spiro atoms. The minimum absolute atomic E-state index is 0.179. The molecule has 5 heteroatoms. The molecule has 4 nitrogen and oxygen atoms in total. The third-order valence-electron chi connectivity index (χ3n) is 6.23. The van der Waals surface area contributed by atoms with Gasteiger partial charge in [0.1, 0.15) is 5.82 Å². The number of aromatic nitrogens is 1. The van der Waals surface area contributed by atoms with E-state index < -0.39 is 5.60 Å². The van der Waals surface area contributed by atoms with Gasteiger partial charge < -0.3 is 9.72 Å². The topological polar surface area (TPSA) is 45.3 Å². The van der Waals surface area contributed by atoms with Gasteiger partial charge in [0.05, 0.1) is 12.5 Å². The van der Waals surface area contributed by atoms with Crippen LogP contribution in [0.2, 0.25) is 0 Å². The van der Waals surface area contributed by atoms with Gasteiger partial charge in [0.15, 0.2) is 5.60 Å². The molecule has 0 bridgehead atoms. The number of H-pyrrole nitrogens is 1. The van der Waals surface area contributed by atoms with Crippen LogP contribution in [-0.4, -0.2) is 35.0 Å². The summed E-state index contributed by atoms with van der Waals surface area (Å²) in [4.78, 5) is 18.5. The standard InChI is InChI=1S/C23H23FN2O2/c24-18-10-8-17(9-11-18)23(15-26-12-4-3-7-21(23)26)28-22(27)13-16-14-25-20-6-2-1-5-19(16)20/h1-2,5-6,8-11,14,21,25H,3-4,7,12-13,15H2/t21?,23-/m0/s1. The summed E-state index contributed by atoms with van der Waals surface area (Å²) < 4.78 is 19.6. The maximum Gasteiger partial charge on any atom is 0.311 e. The Kier molecular flexibility index (Phi) is 4.20. The number of esters is 1. The lowest BCUT2D eigenvalue weighted by Crippen LogP contribution is -2.70. The van der Waals surface area contributed by atoms with Crippen LogP contribution in [0.3, 0.4) is 0 Å². The number of rotatable bonds is 4. The molecule has 3 heterocycles. The zero-order valence-electron chi connectivity index (χ0n) is 15.7. The molecule has 0 radical (unpaired) electrons. The molecule has 1 N–H and O–H groups in total. The molecule has 144 valence electrons. The highest BCUT2D eigenvalue weighted by Gasteiger charge is 2.57.